The molecular weight excluding hydrogens is 264 g/mol. The van der Waals surface area contributed by atoms with E-state index in [0.29, 0.717) is 10.2 Å². The molecule has 0 aromatic carbocycles. The average Bonchev–Trinajstić information content (AvgIpc) is 2.77. The maximum Gasteiger partial charge on any atom is 0.374 e. The third kappa shape index (κ3) is 1.98. The van der Waals surface area contributed by atoms with E-state index in [9.17, 15) is 9.59 Å². The lowest BCUT2D eigenvalue weighted by atomic mass is 10.0. The van der Waals surface area contributed by atoms with E-state index in [1.165, 1.54) is 11.3 Å². The highest BCUT2D eigenvalue weighted by Crippen LogP contribution is 2.32. The van der Waals surface area contributed by atoms with E-state index in [4.69, 9.17) is 4.74 Å². The van der Waals surface area contributed by atoms with Crippen molar-refractivity contribution < 1.29 is 9.53 Å². The molecule has 0 atom stereocenters. The van der Waals surface area contributed by atoms with Crippen LogP contribution in [-0.4, -0.2) is 22.5 Å². The molecule has 98 valence electrons. The standard InChI is InChI=1S/C13H12N2O3S/c1-2-18-13(17)10-14-11(16)9-7-5-3-4-6-8(7)19-12(9)15-10/h4,6H,2-3,5H2,1H3,(H,14,15,16). The highest BCUT2D eigenvalue weighted by atomic mass is 32.1. The Kier molecular flexibility index (Phi) is 2.94. The van der Waals surface area contributed by atoms with Crippen LogP contribution in [0, 0.1) is 0 Å². The minimum Gasteiger partial charge on any atom is -0.460 e. The van der Waals surface area contributed by atoms with Gasteiger partial charge in [0.25, 0.3) is 5.56 Å². The molecule has 0 saturated heterocycles. The van der Waals surface area contributed by atoms with Gasteiger partial charge in [0.05, 0.1) is 12.0 Å². The molecule has 1 N–H and O–H groups in total. The van der Waals surface area contributed by atoms with Crippen molar-refractivity contribution in [1.29, 1.82) is 0 Å². The monoisotopic (exact) mass is 276 g/mol. The molecule has 0 spiro atoms. The van der Waals surface area contributed by atoms with Gasteiger partial charge in [-0.15, -0.1) is 11.3 Å². The molecule has 0 aliphatic heterocycles. The Hall–Kier alpha value is -1.95. The molecular formula is C13H12N2O3S. The van der Waals surface area contributed by atoms with Crippen LogP contribution in [0.4, 0.5) is 0 Å². The lowest BCUT2D eigenvalue weighted by Gasteiger charge is -2.04. The number of aryl methyl sites for hydroxylation is 1. The molecule has 0 unspecified atom stereocenters. The first kappa shape index (κ1) is 12.1. The summed E-state index contributed by atoms with van der Waals surface area (Å²) in [6, 6.07) is 0. The van der Waals surface area contributed by atoms with E-state index in [2.05, 4.69) is 16.0 Å². The second-order valence-corrected chi connectivity index (χ2v) is 5.23. The van der Waals surface area contributed by atoms with E-state index in [-0.39, 0.29) is 18.0 Å². The van der Waals surface area contributed by atoms with E-state index < -0.39 is 5.97 Å². The summed E-state index contributed by atoms with van der Waals surface area (Å²) in [5, 5.41) is 0.609. The van der Waals surface area contributed by atoms with Gasteiger partial charge in [0.1, 0.15) is 4.83 Å². The van der Waals surface area contributed by atoms with Crippen molar-refractivity contribution in [2.45, 2.75) is 19.8 Å². The average molecular weight is 276 g/mol. The van der Waals surface area contributed by atoms with Gasteiger partial charge in [0.2, 0.25) is 5.82 Å². The van der Waals surface area contributed by atoms with Crippen LogP contribution in [0.15, 0.2) is 10.9 Å². The molecule has 1 aliphatic carbocycles. The van der Waals surface area contributed by atoms with Crippen molar-refractivity contribution in [2.24, 2.45) is 0 Å². The number of carbonyl (C=O) groups excluding carboxylic acids is 1. The SMILES string of the molecule is CCOC(=O)c1nc2sc3c(c2c(=O)[nH]1)CCC=C3. The fourth-order valence-corrected chi connectivity index (χ4v) is 3.33. The summed E-state index contributed by atoms with van der Waals surface area (Å²) >= 11 is 1.44. The van der Waals surface area contributed by atoms with Crippen LogP contribution < -0.4 is 5.56 Å². The van der Waals surface area contributed by atoms with Gasteiger partial charge in [-0.25, -0.2) is 9.78 Å². The first-order valence-corrected chi connectivity index (χ1v) is 6.91. The van der Waals surface area contributed by atoms with E-state index in [0.717, 1.165) is 23.3 Å². The summed E-state index contributed by atoms with van der Waals surface area (Å²) in [4.78, 5) is 32.1. The molecule has 2 aromatic rings. The molecule has 0 amide bonds. The molecule has 6 heteroatoms. The topological polar surface area (TPSA) is 72.0 Å². The third-order valence-corrected chi connectivity index (χ3v) is 4.08. The zero-order chi connectivity index (χ0) is 13.4. The Balaban J connectivity index is 2.20. The van der Waals surface area contributed by atoms with Crippen molar-refractivity contribution in [3.05, 3.63) is 32.7 Å². The highest BCUT2D eigenvalue weighted by Gasteiger charge is 2.19. The Bertz CT molecular complexity index is 742. The second kappa shape index (κ2) is 4.62. The van der Waals surface area contributed by atoms with Gasteiger partial charge in [0.15, 0.2) is 0 Å². The Labute approximate surface area is 112 Å². The van der Waals surface area contributed by atoms with Crippen LogP contribution >= 0.6 is 11.3 Å². The zero-order valence-corrected chi connectivity index (χ0v) is 11.2. The van der Waals surface area contributed by atoms with Crippen molar-refractivity contribution in [3.8, 4) is 0 Å². The molecule has 0 bridgehead atoms. The smallest absolute Gasteiger partial charge is 0.374 e. The normalized spacial score (nSPS) is 13.5. The Morgan fingerprint density at radius 3 is 3.21 bits per heavy atom. The molecule has 2 heterocycles. The van der Waals surface area contributed by atoms with E-state index in [1.54, 1.807) is 6.92 Å². The summed E-state index contributed by atoms with van der Waals surface area (Å²) in [6.45, 7) is 1.97. The number of aromatic amines is 1. The summed E-state index contributed by atoms with van der Waals surface area (Å²) in [5.74, 6) is -0.620. The van der Waals surface area contributed by atoms with Crippen LogP contribution in [-0.2, 0) is 11.2 Å². The summed E-state index contributed by atoms with van der Waals surface area (Å²) < 4.78 is 4.85. The Morgan fingerprint density at radius 2 is 2.42 bits per heavy atom. The molecule has 0 fully saturated rings. The number of fused-ring (bicyclic) bond motifs is 3. The molecule has 19 heavy (non-hydrogen) atoms. The number of thiophene rings is 1. The zero-order valence-electron chi connectivity index (χ0n) is 10.4. The van der Waals surface area contributed by atoms with Gasteiger partial charge < -0.3 is 9.72 Å². The number of esters is 1. The fraction of sp³-hybridized carbons (Fsp3) is 0.308. The van der Waals surface area contributed by atoms with Crippen LogP contribution in [0.5, 0.6) is 0 Å². The summed E-state index contributed by atoms with van der Waals surface area (Å²) in [7, 11) is 0. The molecule has 0 saturated carbocycles. The number of nitrogens with one attached hydrogen (secondary N) is 1. The first-order chi connectivity index (χ1) is 9.20. The van der Waals surface area contributed by atoms with E-state index in [1.807, 2.05) is 6.08 Å². The number of rotatable bonds is 2. The number of hydrogen-bond acceptors (Lipinski definition) is 5. The van der Waals surface area contributed by atoms with Gasteiger partial charge in [-0.2, -0.15) is 0 Å². The minimum atomic E-state index is -0.594. The fourth-order valence-electron chi connectivity index (χ4n) is 2.18. The predicted molar refractivity (Wildman–Crippen MR) is 73.6 cm³/mol. The number of carbonyl (C=O) groups is 1. The van der Waals surface area contributed by atoms with Crippen molar-refractivity contribution in [1.82, 2.24) is 9.97 Å². The minimum absolute atomic E-state index is 0.0260. The first-order valence-electron chi connectivity index (χ1n) is 6.10. The summed E-state index contributed by atoms with van der Waals surface area (Å²) in [5.41, 5.74) is 0.771. The number of hydrogen-bond donors (Lipinski definition) is 1. The molecule has 2 aromatic heterocycles. The Morgan fingerprint density at radius 1 is 1.58 bits per heavy atom. The highest BCUT2D eigenvalue weighted by molar-refractivity contribution is 7.19. The van der Waals surface area contributed by atoms with Crippen LogP contribution in [0.2, 0.25) is 0 Å². The molecule has 5 nitrogen and oxygen atoms in total. The second-order valence-electron chi connectivity index (χ2n) is 4.20. The van der Waals surface area contributed by atoms with Gasteiger partial charge in [-0.05, 0) is 31.4 Å². The molecule has 1 aliphatic rings. The van der Waals surface area contributed by atoms with Crippen LogP contribution in [0.3, 0.4) is 0 Å². The number of nitrogens with zero attached hydrogens (tertiary/aromatic N) is 1. The maximum atomic E-state index is 12.1. The van der Waals surface area contributed by atoms with Gasteiger partial charge in [-0.1, -0.05) is 6.08 Å². The van der Waals surface area contributed by atoms with Crippen molar-refractivity contribution in [2.75, 3.05) is 6.61 Å². The quantitative estimate of drug-likeness (QED) is 0.853. The number of aromatic nitrogens is 2. The van der Waals surface area contributed by atoms with Gasteiger partial charge in [0, 0.05) is 4.88 Å². The van der Waals surface area contributed by atoms with Crippen molar-refractivity contribution in [3.63, 3.8) is 0 Å². The molecule has 0 radical (unpaired) electrons. The van der Waals surface area contributed by atoms with Crippen molar-refractivity contribution >= 4 is 33.6 Å². The maximum absolute atomic E-state index is 12.1. The van der Waals surface area contributed by atoms with Gasteiger partial charge >= 0.3 is 5.97 Å². The van der Waals surface area contributed by atoms with Crippen LogP contribution in [0.25, 0.3) is 16.3 Å². The predicted octanol–water partition coefficient (Wildman–Crippen LogP) is 2.12. The largest absolute Gasteiger partial charge is 0.460 e. The van der Waals surface area contributed by atoms with Crippen LogP contribution in [0.1, 0.15) is 34.4 Å². The lowest BCUT2D eigenvalue weighted by molar-refractivity contribution is 0.0512. The number of H-pyrrole nitrogens is 1. The number of ether oxygens (including phenoxy) is 1. The van der Waals surface area contributed by atoms with E-state index >= 15 is 0 Å². The van der Waals surface area contributed by atoms with Gasteiger partial charge in [-0.3, -0.25) is 4.79 Å². The number of allylic oxidation sites excluding steroid dienone is 1. The third-order valence-electron chi connectivity index (χ3n) is 2.99. The lowest BCUT2D eigenvalue weighted by Crippen LogP contribution is -2.17. The molecule has 3 rings (SSSR count). The summed E-state index contributed by atoms with van der Waals surface area (Å²) in [6.07, 6.45) is 5.86.